The Labute approximate surface area is 193 Å². The average Bonchev–Trinajstić information content (AvgIpc) is 2.81. The van der Waals surface area contributed by atoms with E-state index in [2.05, 4.69) is 5.32 Å². The molecule has 0 aliphatic carbocycles. The van der Waals surface area contributed by atoms with E-state index in [-0.39, 0.29) is 5.91 Å². The predicted octanol–water partition coefficient (Wildman–Crippen LogP) is 5.77. The molecule has 5 heteroatoms. The van der Waals surface area contributed by atoms with Crippen LogP contribution in [0.15, 0.2) is 72.8 Å². The van der Waals surface area contributed by atoms with E-state index >= 15 is 0 Å². The van der Waals surface area contributed by atoms with Crippen LogP contribution in [0.25, 0.3) is 23.3 Å². The van der Waals surface area contributed by atoms with E-state index in [0.29, 0.717) is 17.7 Å². The smallest absolute Gasteiger partial charge is 0.326 e. The minimum atomic E-state index is -1.02. The zero-order valence-electron chi connectivity index (χ0n) is 18.2. The van der Waals surface area contributed by atoms with Crippen LogP contribution in [0.1, 0.15) is 33.5 Å². The van der Waals surface area contributed by atoms with Gasteiger partial charge in [0.05, 0.1) is 0 Å². The number of hydrogen-bond acceptors (Lipinski definition) is 3. The Balaban J connectivity index is 1.98. The van der Waals surface area contributed by atoms with Gasteiger partial charge in [-0.2, -0.15) is 11.8 Å². The molecule has 0 saturated carbocycles. The first kappa shape index (κ1) is 23.4. The SMILES string of the molecule is CSCCC(NC(=O)c1ccc(C=Cc2ccccc2)cc1-c1ccccc1C)C(=O)O. The van der Waals surface area contributed by atoms with Crippen molar-refractivity contribution in [3.05, 3.63) is 95.1 Å². The Morgan fingerprint density at radius 1 is 0.938 bits per heavy atom. The molecule has 4 nitrogen and oxygen atoms in total. The summed E-state index contributed by atoms with van der Waals surface area (Å²) in [4.78, 5) is 24.7. The first-order valence-corrected chi connectivity index (χ1v) is 11.8. The molecule has 3 aromatic carbocycles. The van der Waals surface area contributed by atoms with E-state index in [1.807, 2.05) is 92.1 Å². The number of carbonyl (C=O) groups excluding carboxylic acids is 1. The third kappa shape index (κ3) is 6.11. The van der Waals surface area contributed by atoms with E-state index < -0.39 is 12.0 Å². The summed E-state index contributed by atoms with van der Waals surface area (Å²) in [5.41, 5.74) is 5.29. The molecule has 0 aliphatic rings. The summed E-state index contributed by atoms with van der Waals surface area (Å²) < 4.78 is 0. The quantitative estimate of drug-likeness (QED) is 0.411. The summed E-state index contributed by atoms with van der Waals surface area (Å²) in [6.07, 6.45) is 6.33. The molecular weight excluding hydrogens is 418 g/mol. The largest absolute Gasteiger partial charge is 0.480 e. The van der Waals surface area contributed by atoms with Crippen molar-refractivity contribution in [2.45, 2.75) is 19.4 Å². The second kappa shape index (κ2) is 11.3. The van der Waals surface area contributed by atoms with Gasteiger partial charge in [-0.25, -0.2) is 4.79 Å². The third-order valence-electron chi connectivity index (χ3n) is 5.21. The summed E-state index contributed by atoms with van der Waals surface area (Å²) in [6.45, 7) is 2.00. The van der Waals surface area contributed by atoms with Crippen molar-refractivity contribution in [2.75, 3.05) is 12.0 Å². The minimum absolute atomic E-state index is 0.375. The van der Waals surface area contributed by atoms with Crippen molar-refractivity contribution in [1.82, 2.24) is 5.32 Å². The van der Waals surface area contributed by atoms with E-state index in [1.165, 1.54) is 0 Å². The van der Waals surface area contributed by atoms with E-state index in [1.54, 1.807) is 17.8 Å². The number of aryl methyl sites for hydroxylation is 1. The van der Waals surface area contributed by atoms with Crippen LogP contribution in [-0.2, 0) is 4.79 Å². The first-order chi connectivity index (χ1) is 15.5. The highest BCUT2D eigenvalue weighted by atomic mass is 32.2. The monoisotopic (exact) mass is 445 g/mol. The predicted molar refractivity (Wildman–Crippen MR) is 134 cm³/mol. The number of carboxylic acids is 1. The molecule has 164 valence electrons. The van der Waals surface area contributed by atoms with Gasteiger partial charge in [-0.1, -0.05) is 72.8 Å². The van der Waals surface area contributed by atoms with Crippen molar-refractivity contribution in [3.8, 4) is 11.1 Å². The fourth-order valence-corrected chi connectivity index (χ4v) is 3.92. The molecule has 0 aliphatic heterocycles. The normalized spacial score (nSPS) is 11.9. The number of aliphatic carboxylic acids is 1. The Bertz CT molecular complexity index is 1110. The fourth-order valence-electron chi connectivity index (χ4n) is 3.45. The van der Waals surface area contributed by atoms with Gasteiger partial charge in [-0.3, -0.25) is 4.79 Å². The Morgan fingerprint density at radius 2 is 1.62 bits per heavy atom. The van der Waals surface area contributed by atoms with Gasteiger partial charge in [0.15, 0.2) is 0 Å². The highest BCUT2D eigenvalue weighted by Gasteiger charge is 2.22. The van der Waals surface area contributed by atoms with Crippen molar-refractivity contribution in [3.63, 3.8) is 0 Å². The van der Waals surface area contributed by atoms with Crippen LogP contribution < -0.4 is 5.32 Å². The van der Waals surface area contributed by atoms with Gasteiger partial charge >= 0.3 is 5.97 Å². The minimum Gasteiger partial charge on any atom is -0.480 e. The summed E-state index contributed by atoms with van der Waals surface area (Å²) in [6, 6.07) is 22.6. The molecule has 2 N–H and O–H groups in total. The van der Waals surface area contributed by atoms with E-state index in [9.17, 15) is 14.7 Å². The van der Waals surface area contributed by atoms with Crippen LogP contribution in [-0.4, -0.2) is 35.0 Å². The van der Waals surface area contributed by atoms with E-state index in [4.69, 9.17) is 0 Å². The second-order valence-corrected chi connectivity index (χ2v) is 8.50. The standard InChI is InChI=1S/C27H27NO3S/c1-19-8-6-7-11-22(19)24-18-21(13-12-20-9-4-3-5-10-20)14-15-23(24)26(29)28-25(27(30)31)16-17-32-2/h3-15,18,25H,16-17H2,1-2H3,(H,28,29)(H,30,31). The zero-order valence-corrected chi connectivity index (χ0v) is 19.1. The van der Waals surface area contributed by atoms with Crippen molar-refractivity contribution in [1.29, 1.82) is 0 Å². The van der Waals surface area contributed by atoms with Crippen LogP contribution in [0.5, 0.6) is 0 Å². The molecule has 1 atom stereocenters. The number of hydrogen-bond donors (Lipinski definition) is 2. The summed E-state index contributed by atoms with van der Waals surface area (Å²) in [5.74, 6) is -0.743. The van der Waals surface area contributed by atoms with Crippen LogP contribution in [0.4, 0.5) is 0 Å². The van der Waals surface area contributed by atoms with Gasteiger partial charge in [0.25, 0.3) is 5.91 Å². The van der Waals surface area contributed by atoms with E-state index in [0.717, 1.165) is 27.8 Å². The maximum Gasteiger partial charge on any atom is 0.326 e. The first-order valence-electron chi connectivity index (χ1n) is 10.5. The maximum absolute atomic E-state index is 13.1. The molecule has 1 unspecified atom stereocenters. The lowest BCUT2D eigenvalue weighted by molar-refractivity contribution is -0.139. The Morgan fingerprint density at radius 3 is 2.31 bits per heavy atom. The van der Waals surface area contributed by atoms with Gasteiger partial charge in [-0.05, 0) is 65.3 Å². The summed E-state index contributed by atoms with van der Waals surface area (Å²) in [7, 11) is 0. The van der Waals surface area contributed by atoms with Crippen molar-refractivity contribution < 1.29 is 14.7 Å². The highest BCUT2D eigenvalue weighted by Crippen LogP contribution is 2.29. The highest BCUT2D eigenvalue weighted by molar-refractivity contribution is 7.98. The lowest BCUT2D eigenvalue weighted by atomic mass is 9.93. The lowest BCUT2D eigenvalue weighted by Gasteiger charge is -2.17. The number of amides is 1. The third-order valence-corrected chi connectivity index (χ3v) is 5.85. The topological polar surface area (TPSA) is 66.4 Å². The maximum atomic E-state index is 13.1. The van der Waals surface area contributed by atoms with Gasteiger partial charge in [0.2, 0.25) is 0 Å². The van der Waals surface area contributed by atoms with Crippen molar-refractivity contribution in [2.24, 2.45) is 0 Å². The van der Waals surface area contributed by atoms with Gasteiger partial charge in [0, 0.05) is 5.56 Å². The Hall–Kier alpha value is -3.31. The molecule has 0 bridgehead atoms. The molecule has 3 rings (SSSR count). The Kier molecular flexibility index (Phi) is 8.28. The average molecular weight is 446 g/mol. The number of rotatable bonds is 9. The summed E-state index contributed by atoms with van der Waals surface area (Å²) >= 11 is 1.56. The number of carbonyl (C=O) groups is 2. The molecule has 0 fully saturated rings. The molecule has 0 spiro atoms. The number of benzene rings is 3. The number of thioether (sulfide) groups is 1. The molecule has 0 saturated heterocycles. The molecule has 1 amide bonds. The van der Waals surface area contributed by atoms with Crippen LogP contribution >= 0.6 is 11.8 Å². The van der Waals surface area contributed by atoms with Gasteiger partial charge < -0.3 is 10.4 Å². The lowest BCUT2D eigenvalue weighted by Crippen LogP contribution is -2.41. The molecular formula is C27H27NO3S. The van der Waals surface area contributed by atoms with Crippen LogP contribution in [0.2, 0.25) is 0 Å². The summed E-state index contributed by atoms with van der Waals surface area (Å²) in [5, 5.41) is 12.2. The number of nitrogens with one attached hydrogen (secondary N) is 1. The fraction of sp³-hybridized carbons (Fsp3) is 0.185. The molecule has 3 aromatic rings. The molecule has 0 heterocycles. The zero-order chi connectivity index (χ0) is 22.9. The molecule has 0 radical (unpaired) electrons. The van der Waals surface area contributed by atoms with Crippen LogP contribution in [0, 0.1) is 6.92 Å². The van der Waals surface area contributed by atoms with Crippen molar-refractivity contribution >= 4 is 35.8 Å². The van der Waals surface area contributed by atoms with Gasteiger partial charge in [-0.15, -0.1) is 0 Å². The molecule has 32 heavy (non-hydrogen) atoms. The van der Waals surface area contributed by atoms with Gasteiger partial charge in [0.1, 0.15) is 6.04 Å². The number of carboxylic acid groups (broad SMARTS) is 1. The van der Waals surface area contributed by atoms with Crippen LogP contribution in [0.3, 0.4) is 0 Å². The second-order valence-electron chi connectivity index (χ2n) is 7.51. The molecule has 0 aromatic heterocycles.